The van der Waals surface area contributed by atoms with Crippen LogP contribution in [0.3, 0.4) is 0 Å². The Kier molecular flexibility index (Phi) is 10.9. The molecule has 0 amide bonds. The summed E-state index contributed by atoms with van der Waals surface area (Å²) in [6.07, 6.45) is -0.107. The van der Waals surface area contributed by atoms with E-state index in [0.29, 0.717) is 23.7 Å². The molecule has 1 heterocycles. The van der Waals surface area contributed by atoms with Crippen LogP contribution >= 0.6 is 19.4 Å². The van der Waals surface area contributed by atoms with Gasteiger partial charge in [0, 0.05) is 11.3 Å². The molecule has 0 radical (unpaired) electrons. The summed E-state index contributed by atoms with van der Waals surface area (Å²) >= 11 is 1.27. The zero-order valence-electron chi connectivity index (χ0n) is 17.1. The zero-order chi connectivity index (χ0) is 21.2. The molecule has 0 atom stereocenters. The van der Waals surface area contributed by atoms with Crippen molar-refractivity contribution in [2.45, 2.75) is 46.5 Å². The van der Waals surface area contributed by atoms with E-state index in [4.69, 9.17) is 22.9 Å². The van der Waals surface area contributed by atoms with Crippen LogP contribution < -0.4 is 0 Å². The maximum atomic E-state index is 12.9. The molecule has 1 rings (SSSR count). The summed E-state index contributed by atoms with van der Waals surface area (Å²) < 4.78 is 39.4. The highest BCUT2D eigenvalue weighted by atomic mass is 32.2. The van der Waals surface area contributed by atoms with Crippen LogP contribution in [0.2, 0.25) is 0 Å². The van der Waals surface area contributed by atoms with Crippen molar-refractivity contribution in [2.24, 2.45) is 0 Å². The lowest BCUT2D eigenvalue weighted by molar-refractivity contribution is -0.139. The van der Waals surface area contributed by atoms with Gasteiger partial charge in [-0.1, -0.05) is 0 Å². The van der Waals surface area contributed by atoms with Gasteiger partial charge in [-0.25, -0.2) is 4.79 Å². The van der Waals surface area contributed by atoms with Gasteiger partial charge in [-0.3, -0.25) is 9.36 Å². The van der Waals surface area contributed by atoms with Crippen molar-refractivity contribution in [3.05, 3.63) is 22.6 Å². The molecule has 0 fully saturated rings. The highest BCUT2D eigenvalue weighted by molar-refractivity contribution is 7.99. The average Bonchev–Trinajstić information content (AvgIpc) is 2.90. The van der Waals surface area contributed by atoms with Crippen molar-refractivity contribution >= 4 is 31.3 Å². The molecule has 28 heavy (non-hydrogen) atoms. The lowest BCUT2D eigenvalue weighted by atomic mass is 10.1. The average molecular weight is 436 g/mol. The molecule has 0 aromatic carbocycles. The molecule has 1 aromatic rings. The first-order chi connectivity index (χ1) is 13.3. The Morgan fingerprint density at radius 2 is 1.61 bits per heavy atom. The predicted molar refractivity (Wildman–Crippen MR) is 107 cm³/mol. The molecule has 0 N–H and O–H groups in total. The van der Waals surface area contributed by atoms with Crippen molar-refractivity contribution in [3.63, 3.8) is 0 Å². The lowest BCUT2D eigenvalue weighted by Gasteiger charge is -2.16. The predicted octanol–water partition coefficient (Wildman–Crippen LogP) is 4.33. The smallest absolute Gasteiger partial charge is 0.342 e. The van der Waals surface area contributed by atoms with E-state index in [2.05, 4.69) is 0 Å². The third-order valence-corrected chi connectivity index (χ3v) is 6.42. The van der Waals surface area contributed by atoms with Gasteiger partial charge in [0.15, 0.2) is 0 Å². The van der Waals surface area contributed by atoms with Crippen LogP contribution in [0.4, 0.5) is 0 Å². The maximum absolute atomic E-state index is 12.9. The van der Waals surface area contributed by atoms with Crippen molar-refractivity contribution in [1.82, 2.24) is 0 Å². The molecular weight excluding hydrogens is 407 g/mol. The van der Waals surface area contributed by atoms with Crippen LogP contribution in [0.5, 0.6) is 0 Å². The van der Waals surface area contributed by atoms with Gasteiger partial charge in [-0.15, -0.1) is 11.8 Å². The number of aryl methyl sites for hydroxylation is 1. The standard InChI is InChI=1S/C18H29O8PS/c1-6-22-16(19)12-28-11-14-15(10-27(21,24-8-3)25-9-4)26-13(5)17(14)18(20)23-7-2/h6-12H2,1-5H3. The van der Waals surface area contributed by atoms with Gasteiger partial charge in [0.25, 0.3) is 0 Å². The van der Waals surface area contributed by atoms with E-state index in [0.717, 1.165) is 0 Å². The highest BCUT2D eigenvalue weighted by Gasteiger charge is 2.32. The van der Waals surface area contributed by atoms with E-state index in [9.17, 15) is 14.2 Å². The van der Waals surface area contributed by atoms with Gasteiger partial charge in [0.05, 0.1) is 32.2 Å². The van der Waals surface area contributed by atoms with E-state index in [1.807, 2.05) is 0 Å². The number of rotatable bonds is 13. The topological polar surface area (TPSA) is 101 Å². The third-order valence-electron chi connectivity index (χ3n) is 3.51. The van der Waals surface area contributed by atoms with E-state index in [1.54, 1.807) is 34.6 Å². The second kappa shape index (κ2) is 12.3. The molecule has 0 spiro atoms. The molecule has 0 bridgehead atoms. The molecule has 0 aliphatic carbocycles. The lowest BCUT2D eigenvalue weighted by Crippen LogP contribution is -2.10. The first kappa shape index (κ1) is 24.8. The molecule has 0 aliphatic heterocycles. The molecule has 0 saturated carbocycles. The Bertz CT molecular complexity index is 690. The molecule has 160 valence electrons. The Morgan fingerprint density at radius 1 is 1.00 bits per heavy atom. The summed E-state index contributed by atoms with van der Waals surface area (Å²) in [4.78, 5) is 24.0. The summed E-state index contributed by atoms with van der Waals surface area (Å²) in [5.74, 6) is 0.235. The summed E-state index contributed by atoms with van der Waals surface area (Å²) in [7, 11) is -3.43. The Labute approximate surface area is 170 Å². The molecule has 0 unspecified atom stereocenters. The summed E-state index contributed by atoms with van der Waals surface area (Å²) in [5, 5.41) is 0. The number of esters is 2. The van der Waals surface area contributed by atoms with E-state index in [-0.39, 0.29) is 49.0 Å². The van der Waals surface area contributed by atoms with Crippen molar-refractivity contribution in [3.8, 4) is 0 Å². The van der Waals surface area contributed by atoms with E-state index in [1.165, 1.54) is 11.8 Å². The largest absolute Gasteiger partial charge is 0.465 e. The van der Waals surface area contributed by atoms with Crippen LogP contribution in [0.1, 0.15) is 55.1 Å². The van der Waals surface area contributed by atoms with Gasteiger partial charge in [-0.05, 0) is 34.6 Å². The van der Waals surface area contributed by atoms with E-state index >= 15 is 0 Å². The van der Waals surface area contributed by atoms with Gasteiger partial charge < -0.3 is 22.9 Å². The number of carbonyl (C=O) groups excluding carboxylic acids is 2. The molecule has 0 saturated heterocycles. The highest BCUT2D eigenvalue weighted by Crippen LogP contribution is 2.52. The number of carbonyl (C=O) groups is 2. The van der Waals surface area contributed by atoms with Gasteiger partial charge in [-0.2, -0.15) is 0 Å². The minimum atomic E-state index is -3.43. The number of ether oxygens (including phenoxy) is 2. The SMILES string of the molecule is CCOC(=O)CSCc1c(CP(=O)(OCC)OCC)oc(C)c1C(=O)OCC. The fourth-order valence-corrected chi connectivity index (χ4v) is 5.05. The molecule has 1 aromatic heterocycles. The maximum Gasteiger partial charge on any atom is 0.342 e. The Balaban J connectivity index is 3.16. The van der Waals surface area contributed by atoms with Gasteiger partial charge >= 0.3 is 19.5 Å². The second-order valence-corrected chi connectivity index (χ2v) is 8.60. The number of hydrogen-bond donors (Lipinski definition) is 0. The fourth-order valence-electron chi connectivity index (χ4n) is 2.54. The van der Waals surface area contributed by atoms with Crippen LogP contribution in [0.25, 0.3) is 0 Å². The van der Waals surface area contributed by atoms with Crippen LogP contribution in [0, 0.1) is 6.92 Å². The quantitative estimate of drug-likeness (QED) is 0.330. The van der Waals surface area contributed by atoms with E-state index < -0.39 is 13.6 Å². The third kappa shape index (κ3) is 7.28. The summed E-state index contributed by atoms with van der Waals surface area (Å²) in [6.45, 7) is 9.48. The summed E-state index contributed by atoms with van der Waals surface area (Å²) in [5.41, 5.74) is 0.817. The van der Waals surface area contributed by atoms with Crippen LogP contribution in [0.15, 0.2) is 4.42 Å². The minimum absolute atomic E-state index is 0.107. The second-order valence-electron chi connectivity index (χ2n) is 5.56. The first-order valence-electron chi connectivity index (χ1n) is 9.21. The Hall–Kier alpha value is -1.28. The van der Waals surface area contributed by atoms with Crippen molar-refractivity contribution in [1.29, 1.82) is 0 Å². The number of thioether (sulfide) groups is 1. The Morgan fingerprint density at radius 3 is 2.14 bits per heavy atom. The monoisotopic (exact) mass is 436 g/mol. The first-order valence-corrected chi connectivity index (χ1v) is 12.1. The number of furan rings is 1. The van der Waals surface area contributed by atoms with Gasteiger partial charge in [0.1, 0.15) is 23.2 Å². The van der Waals surface area contributed by atoms with Crippen molar-refractivity contribution in [2.75, 3.05) is 32.2 Å². The van der Waals surface area contributed by atoms with Crippen molar-refractivity contribution < 1.29 is 37.1 Å². The molecule has 0 aliphatic rings. The molecule has 10 heteroatoms. The molecular formula is C18H29O8PS. The van der Waals surface area contributed by atoms with Gasteiger partial charge in [0.2, 0.25) is 0 Å². The zero-order valence-corrected chi connectivity index (χ0v) is 18.8. The normalized spacial score (nSPS) is 11.5. The van der Waals surface area contributed by atoms with Crippen LogP contribution in [-0.4, -0.2) is 44.1 Å². The van der Waals surface area contributed by atoms with Crippen LogP contribution in [-0.2, 0) is 39.8 Å². The minimum Gasteiger partial charge on any atom is -0.465 e. The number of hydrogen-bond acceptors (Lipinski definition) is 9. The summed E-state index contributed by atoms with van der Waals surface area (Å²) in [6, 6.07) is 0. The molecule has 8 nitrogen and oxygen atoms in total. The fraction of sp³-hybridized carbons (Fsp3) is 0.667.